The Bertz CT molecular complexity index is 452. The highest BCUT2D eigenvalue weighted by Crippen LogP contribution is 2.21. The van der Waals surface area contributed by atoms with E-state index in [1.165, 1.54) is 0 Å². The number of ether oxygens (including phenoxy) is 1. The average molecular weight is 278 g/mol. The first-order valence-electron chi connectivity index (χ1n) is 7.04. The first kappa shape index (κ1) is 16.5. The molecule has 1 amide bonds. The van der Waals surface area contributed by atoms with Gasteiger partial charge in [-0.05, 0) is 37.0 Å². The number of nitrogens with two attached hydrogens (primary N) is 1. The van der Waals surface area contributed by atoms with Crippen LogP contribution in [0.25, 0.3) is 0 Å². The summed E-state index contributed by atoms with van der Waals surface area (Å²) < 4.78 is 5.47. The van der Waals surface area contributed by atoms with E-state index >= 15 is 0 Å². The van der Waals surface area contributed by atoms with Gasteiger partial charge in [-0.2, -0.15) is 0 Å². The van der Waals surface area contributed by atoms with Crippen molar-refractivity contribution in [1.29, 1.82) is 0 Å². The number of benzene rings is 1. The molecule has 0 saturated heterocycles. The Hall–Kier alpha value is -1.55. The average Bonchev–Trinajstić information content (AvgIpc) is 2.37. The summed E-state index contributed by atoms with van der Waals surface area (Å²) in [5, 5.41) is 2.95. The third-order valence-electron chi connectivity index (χ3n) is 3.24. The molecule has 1 aromatic rings. The second-order valence-electron chi connectivity index (χ2n) is 6.08. The Morgan fingerprint density at radius 2 is 2.05 bits per heavy atom. The van der Waals surface area contributed by atoms with Crippen LogP contribution in [0.3, 0.4) is 0 Å². The molecule has 0 aliphatic carbocycles. The number of hydrogen-bond donors (Lipinski definition) is 2. The lowest BCUT2D eigenvalue weighted by molar-refractivity contribution is -0.125. The van der Waals surface area contributed by atoms with Gasteiger partial charge in [0.1, 0.15) is 5.75 Å². The van der Waals surface area contributed by atoms with Gasteiger partial charge >= 0.3 is 0 Å². The molecule has 0 spiro atoms. The lowest BCUT2D eigenvalue weighted by Crippen LogP contribution is -2.49. The minimum absolute atomic E-state index is 0.101. The molecule has 4 nitrogen and oxygen atoms in total. The highest BCUT2D eigenvalue weighted by molar-refractivity contribution is 5.82. The van der Waals surface area contributed by atoms with Gasteiger partial charge in [0.25, 0.3) is 0 Å². The quantitative estimate of drug-likeness (QED) is 0.870. The van der Waals surface area contributed by atoms with E-state index in [9.17, 15) is 4.79 Å². The number of nitrogens with one attached hydrogen (secondary N) is 1. The molecular weight excluding hydrogens is 252 g/mol. The van der Waals surface area contributed by atoms with Crippen LogP contribution in [0.2, 0.25) is 0 Å². The Morgan fingerprint density at radius 1 is 1.40 bits per heavy atom. The van der Waals surface area contributed by atoms with Gasteiger partial charge in [-0.1, -0.05) is 32.9 Å². The standard InChI is InChI=1S/C16H26N2O2/c1-6-20-13-9-7-8-12(10-13)11(2)18-15(19)14(17)16(3,4)5/h7-11,14H,6,17H2,1-5H3,(H,18,19)/t11-,14-/m0/s1. The Kier molecular flexibility index (Phi) is 5.57. The lowest BCUT2D eigenvalue weighted by atomic mass is 9.86. The molecule has 3 N–H and O–H groups in total. The Labute approximate surface area is 121 Å². The van der Waals surface area contributed by atoms with Crippen LogP contribution in [0.5, 0.6) is 5.75 Å². The SMILES string of the molecule is CCOc1cccc([C@H](C)NC(=O)[C@H](N)C(C)(C)C)c1. The van der Waals surface area contributed by atoms with Crippen LogP contribution in [-0.2, 0) is 4.79 Å². The van der Waals surface area contributed by atoms with Crippen molar-refractivity contribution in [2.45, 2.75) is 46.7 Å². The van der Waals surface area contributed by atoms with Crippen molar-refractivity contribution in [2.75, 3.05) is 6.61 Å². The van der Waals surface area contributed by atoms with Gasteiger partial charge in [-0.3, -0.25) is 4.79 Å². The van der Waals surface area contributed by atoms with E-state index in [1.54, 1.807) is 0 Å². The first-order chi connectivity index (χ1) is 9.25. The molecule has 2 atom stereocenters. The molecule has 1 aromatic carbocycles. The largest absolute Gasteiger partial charge is 0.494 e. The third kappa shape index (κ3) is 4.53. The number of hydrogen-bond acceptors (Lipinski definition) is 3. The van der Waals surface area contributed by atoms with Gasteiger partial charge in [0.15, 0.2) is 0 Å². The highest BCUT2D eigenvalue weighted by atomic mass is 16.5. The van der Waals surface area contributed by atoms with Crippen molar-refractivity contribution in [1.82, 2.24) is 5.32 Å². The molecule has 1 rings (SSSR count). The fourth-order valence-electron chi connectivity index (χ4n) is 1.82. The molecule has 0 aliphatic rings. The van der Waals surface area contributed by atoms with E-state index in [-0.39, 0.29) is 17.4 Å². The summed E-state index contributed by atoms with van der Waals surface area (Å²) in [5.74, 6) is 0.679. The van der Waals surface area contributed by atoms with Crippen molar-refractivity contribution in [3.8, 4) is 5.75 Å². The summed E-state index contributed by atoms with van der Waals surface area (Å²) in [6.07, 6.45) is 0. The predicted molar refractivity (Wildman–Crippen MR) is 81.6 cm³/mol. The van der Waals surface area contributed by atoms with Gasteiger partial charge in [-0.15, -0.1) is 0 Å². The smallest absolute Gasteiger partial charge is 0.237 e. The van der Waals surface area contributed by atoms with E-state index in [1.807, 2.05) is 58.9 Å². The summed E-state index contributed by atoms with van der Waals surface area (Å²) in [6.45, 7) is 10.4. The van der Waals surface area contributed by atoms with Gasteiger partial charge in [-0.25, -0.2) is 0 Å². The van der Waals surface area contributed by atoms with E-state index < -0.39 is 6.04 Å². The molecule has 0 unspecified atom stereocenters. The molecule has 20 heavy (non-hydrogen) atoms. The molecule has 0 bridgehead atoms. The van der Waals surface area contributed by atoms with E-state index in [0.717, 1.165) is 11.3 Å². The number of rotatable bonds is 5. The van der Waals surface area contributed by atoms with Crippen LogP contribution in [-0.4, -0.2) is 18.6 Å². The van der Waals surface area contributed by atoms with Crippen molar-refractivity contribution >= 4 is 5.91 Å². The topological polar surface area (TPSA) is 64.3 Å². The van der Waals surface area contributed by atoms with Gasteiger partial charge in [0, 0.05) is 0 Å². The molecule has 0 radical (unpaired) electrons. The predicted octanol–water partition coefficient (Wildman–Crippen LogP) is 2.64. The molecular formula is C16H26N2O2. The van der Waals surface area contributed by atoms with E-state index in [0.29, 0.717) is 6.61 Å². The van der Waals surface area contributed by atoms with Crippen LogP contribution >= 0.6 is 0 Å². The maximum absolute atomic E-state index is 12.1. The third-order valence-corrected chi connectivity index (χ3v) is 3.24. The number of carbonyl (C=O) groups is 1. The summed E-state index contributed by atoms with van der Waals surface area (Å²) in [6, 6.07) is 7.11. The fraction of sp³-hybridized carbons (Fsp3) is 0.562. The molecule has 112 valence electrons. The van der Waals surface area contributed by atoms with Crippen LogP contribution in [0, 0.1) is 5.41 Å². The molecule has 0 aromatic heterocycles. The molecule has 0 aliphatic heterocycles. The first-order valence-corrected chi connectivity index (χ1v) is 7.04. The molecule has 0 heterocycles. The molecule has 0 saturated carbocycles. The maximum Gasteiger partial charge on any atom is 0.237 e. The van der Waals surface area contributed by atoms with Crippen molar-refractivity contribution in [2.24, 2.45) is 11.1 Å². The Morgan fingerprint density at radius 3 is 2.60 bits per heavy atom. The minimum Gasteiger partial charge on any atom is -0.494 e. The second-order valence-corrected chi connectivity index (χ2v) is 6.08. The van der Waals surface area contributed by atoms with Gasteiger partial charge in [0.05, 0.1) is 18.7 Å². The lowest BCUT2D eigenvalue weighted by Gasteiger charge is -2.27. The summed E-state index contributed by atoms with van der Waals surface area (Å²) in [4.78, 5) is 12.1. The zero-order valence-electron chi connectivity index (χ0n) is 13.1. The second kappa shape index (κ2) is 6.75. The van der Waals surface area contributed by atoms with Crippen molar-refractivity contribution in [3.05, 3.63) is 29.8 Å². The zero-order chi connectivity index (χ0) is 15.3. The van der Waals surface area contributed by atoms with Crippen molar-refractivity contribution in [3.63, 3.8) is 0 Å². The summed E-state index contributed by atoms with van der Waals surface area (Å²) in [5.41, 5.74) is 6.71. The highest BCUT2D eigenvalue weighted by Gasteiger charge is 2.28. The fourth-order valence-corrected chi connectivity index (χ4v) is 1.82. The van der Waals surface area contributed by atoms with Crippen LogP contribution in [0.1, 0.15) is 46.2 Å². The van der Waals surface area contributed by atoms with Gasteiger partial charge < -0.3 is 15.8 Å². The van der Waals surface area contributed by atoms with Crippen LogP contribution < -0.4 is 15.8 Å². The minimum atomic E-state index is -0.528. The van der Waals surface area contributed by atoms with Gasteiger partial charge in [0.2, 0.25) is 5.91 Å². The molecule has 0 fully saturated rings. The number of carbonyl (C=O) groups excluding carboxylic acids is 1. The monoisotopic (exact) mass is 278 g/mol. The van der Waals surface area contributed by atoms with E-state index in [4.69, 9.17) is 10.5 Å². The van der Waals surface area contributed by atoms with Crippen LogP contribution in [0.15, 0.2) is 24.3 Å². The summed E-state index contributed by atoms with van der Waals surface area (Å²) in [7, 11) is 0. The normalized spacial score (nSPS) is 14.5. The van der Waals surface area contributed by atoms with Crippen molar-refractivity contribution < 1.29 is 9.53 Å². The summed E-state index contributed by atoms with van der Waals surface area (Å²) >= 11 is 0. The number of amides is 1. The zero-order valence-corrected chi connectivity index (χ0v) is 13.1. The maximum atomic E-state index is 12.1. The Balaban J connectivity index is 2.73. The molecule has 4 heteroatoms. The van der Waals surface area contributed by atoms with Crippen LogP contribution in [0.4, 0.5) is 0 Å². The van der Waals surface area contributed by atoms with E-state index in [2.05, 4.69) is 5.32 Å².